The van der Waals surface area contributed by atoms with Crippen molar-refractivity contribution in [2.24, 2.45) is 0 Å². The summed E-state index contributed by atoms with van der Waals surface area (Å²) in [4.78, 5) is 10.5. The third-order valence-corrected chi connectivity index (χ3v) is 4.28. The molecule has 0 N–H and O–H groups in total. The van der Waals surface area contributed by atoms with E-state index >= 15 is 0 Å². The van der Waals surface area contributed by atoms with Crippen molar-refractivity contribution in [2.75, 3.05) is 0 Å². The lowest BCUT2D eigenvalue weighted by atomic mass is 10.1. The Morgan fingerprint density at radius 3 is 1.42 bits per heavy atom. The van der Waals surface area contributed by atoms with Crippen LogP contribution >= 0.6 is 0 Å². The number of carbonyl (C=O) groups is 1. The highest BCUT2D eigenvalue weighted by Crippen LogP contribution is 2.07. The average Bonchev–Trinajstić information content (AvgIpc) is 2.70. The Balaban J connectivity index is 4.62. The van der Waals surface area contributed by atoms with Crippen LogP contribution in [0.3, 0.4) is 0 Å². The van der Waals surface area contributed by atoms with Gasteiger partial charge in [-0.2, -0.15) is 0 Å². The fourth-order valence-corrected chi connectivity index (χ4v) is 2.36. The van der Waals surface area contributed by atoms with Gasteiger partial charge in [-0.15, -0.1) is 0 Å². The smallest absolute Gasteiger partial charge is 0.145 e. The van der Waals surface area contributed by atoms with Crippen LogP contribution in [0.4, 0.5) is 0 Å². The second-order valence-corrected chi connectivity index (χ2v) is 8.06. The van der Waals surface area contributed by atoms with Crippen LogP contribution in [-0.2, 0) is 4.79 Å². The first-order chi connectivity index (χ1) is 14.7. The van der Waals surface area contributed by atoms with Crippen LogP contribution in [0.5, 0.6) is 0 Å². The molecule has 0 atom stereocenters. The van der Waals surface area contributed by atoms with Crippen molar-refractivity contribution in [1.82, 2.24) is 0 Å². The Hall–Kier alpha value is -2.93. The molecule has 0 fully saturated rings. The summed E-state index contributed by atoms with van der Waals surface area (Å²) in [6.45, 7) is 14.5. The summed E-state index contributed by atoms with van der Waals surface area (Å²) in [7, 11) is 0. The van der Waals surface area contributed by atoms with E-state index < -0.39 is 0 Å². The summed E-state index contributed by atoms with van der Waals surface area (Å²) < 4.78 is 0. The van der Waals surface area contributed by atoms with E-state index in [1.54, 1.807) is 13.0 Å². The van der Waals surface area contributed by atoms with Gasteiger partial charge >= 0.3 is 0 Å². The Morgan fingerprint density at radius 1 is 0.548 bits per heavy atom. The molecule has 0 bridgehead atoms. The summed E-state index contributed by atoms with van der Waals surface area (Å²) in [5, 5.41) is 0. The van der Waals surface area contributed by atoms with Gasteiger partial charge in [0.25, 0.3) is 0 Å². The van der Waals surface area contributed by atoms with Gasteiger partial charge in [-0.25, -0.2) is 0 Å². The molecule has 166 valence electrons. The zero-order chi connectivity index (χ0) is 23.5. The number of aldehydes is 1. The summed E-state index contributed by atoms with van der Waals surface area (Å²) in [6.07, 6.45) is 32.0. The molecule has 0 aliphatic carbocycles. The normalized spacial score (nSPS) is 15.1. The molecule has 31 heavy (non-hydrogen) atoms. The highest BCUT2D eigenvalue weighted by Gasteiger charge is 1.87. The van der Waals surface area contributed by atoms with E-state index in [0.717, 1.165) is 24.7 Å². The lowest BCUT2D eigenvalue weighted by Gasteiger charge is -1.96. The standard InChI is InChI=1S/C30H40O/c1-25(2)14-10-17-28(5)20-11-18-26(3)15-8-9-16-27(4)19-12-21-29(6)22-13-23-30(7)24-31/h8-9,11-16,18-24H,10,17H2,1-7H3/b9-8+,18-11+,19-12+,22-13+,26-15+,27-16+,28-20+,29-21+,30-23+. The fraction of sp³-hybridized carbons (Fsp3) is 0.300. The minimum Gasteiger partial charge on any atom is -0.298 e. The summed E-state index contributed by atoms with van der Waals surface area (Å²) in [6, 6.07) is 0. The molecule has 0 radical (unpaired) electrons. The molecule has 0 aromatic rings. The molecule has 0 aliphatic rings. The first-order valence-corrected chi connectivity index (χ1v) is 10.9. The predicted molar refractivity (Wildman–Crippen MR) is 140 cm³/mol. The molecular formula is C30H40O. The summed E-state index contributed by atoms with van der Waals surface area (Å²) >= 11 is 0. The van der Waals surface area contributed by atoms with Crippen LogP contribution in [0.15, 0.2) is 119 Å². The maximum Gasteiger partial charge on any atom is 0.145 e. The Kier molecular flexibility index (Phi) is 16.2. The largest absolute Gasteiger partial charge is 0.298 e. The van der Waals surface area contributed by atoms with Crippen LogP contribution in [0, 0.1) is 0 Å². The van der Waals surface area contributed by atoms with Crippen molar-refractivity contribution in [2.45, 2.75) is 61.3 Å². The van der Waals surface area contributed by atoms with E-state index in [2.05, 4.69) is 89.3 Å². The molecule has 1 heteroatoms. The van der Waals surface area contributed by atoms with E-state index in [1.807, 2.05) is 31.2 Å². The molecule has 0 unspecified atom stereocenters. The molecule has 0 saturated heterocycles. The quantitative estimate of drug-likeness (QED) is 0.134. The topological polar surface area (TPSA) is 17.1 Å². The highest BCUT2D eigenvalue weighted by molar-refractivity contribution is 5.72. The number of hydrogen-bond donors (Lipinski definition) is 0. The Bertz CT molecular complexity index is 852. The van der Waals surface area contributed by atoms with Gasteiger partial charge < -0.3 is 0 Å². The minimum atomic E-state index is 0.714. The SMILES string of the molecule is CC(C)=CCC/C(C)=C/C=C/C(C)=C/C=C/C=C(C)/C=C/C=C(C)/C=C/C=C(\C)C=O. The average molecular weight is 417 g/mol. The minimum absolute atomic E-state index is 0.714. The van der Waals surface area contributed by atoms with Crippen LogP contribution in [0.25, 0.3) is 0 Å². The van der Waals surface area contributed by atoms with E-state index in [1.165, 1.54) is 22.3 Å². The Labute approximate surface area is 191 Å². The van der Waals surface area contributed by atoms with Gasteiger partial charge in [0.2, 0.25) is 0 Å². The fourth-order valence-electron chi connectivity index (χ4n) is 2.36. The zero-order valence-electron chi connectivity index (χ0n) is 20.5. The molecule has 0 spiro atoms. The lowest BCUT2D eigenvalue weighted by molar-refractivity contribution is -0.104. The summed E-state index contributed by atoms with van der Waals surface area (Å²) in [5.41, 5.74) is 7.02. The van der Waals surface area contributed by atoms with Gasteiger partial charge in [0.15, 0.2) is 0 Å². The van der Waals surface area contributed by atoms with Gasteiger partial charge in [-0.1, -0.05) is 113 Å². The highest BCUT2D eigenvalue weighted by atomic mass is 16.1. The van der Waals surface area contributed by atoms with Crippen molar-refractivity contribution in [3.05, 3.63) is 119 Å². The van der Waals surface area contributed by atoms with E-state index in [-0.39, 0.29) is 0 Å². The molecule has 1 nitrogen and oxygen atoms in total. The lowest BCUT2D eigenvalue weighted by Crippen LogP contribution is -1.76. The van der Waals surface area contributed by atoms with Crippen molar-refractivity contribution in [3.63, 3.8) is 0 Å². The molecule has 0 heterocycles. The summed E-state index contributed by atoms with van der Waals surface area (Å²) in [5.74, 6) is 0. The van der Waals surface area contributed by atoms with Crippen molar-refractivity contribution < 1.29 is 4.79 Å². The number of carbonyl (C=O) groups excluding carboxylic acids is 1. The van der Waals surface area contributed by atoms with Crippen LogP contribution in [0.2, 0.25) is 0 Å². The van der Waals surface area contributed by atoms with E-state index in [0.29, 0.717) is 5.57 Å². The Morgan fingerprint density at radius 2 is 0.968 bits per heavy atom. The van der Waals surface area contributed by atoms with Gasteiger partial charge in [0.05, 0.1) is 0 Å². The van der Waals surface area contributed by atoms with Crippen molar-refractivity contribution in [3.8, 4) is 0 Å². The number of allylic oxidation sites excluding steroid dienone is 20. The van der Waals surface area contributed by atoms with Crippen molar-refractivity contribution >= 4 is 6.29 Å². The first kappa shape index (κ1) is 28.1. The predicted octanol–water partition coefficient (Wildman–Crippen LogP) is 8.89. The molecule has 0 rings (SSSR count). The van der Waals surface area contributed by atoms with Gasteiger partial charge in [0.1, 0.15) is 6.29 Å². The number of rotatable bonds is 12. The van der Waals surface area contributed by atoms with Gasteiger partial charge in [-0.05, 0) is 66.9 Å². The van der Waals surface area contributed by atoms with Crippen LogP contribution in [-0.4, -0.2) is 6.29 Å². The molecular weight excluding hydrogens is 376 g/mol. The van der Waals surface area contributed by atoms with Gasteiger partial charge in [-0.3, -0.25) is 4.79 Å². The first-order valence-electron chi connectivity index (χ1n) is 10.9. The molecule has 0 aromatic heterocycles. The molecule has 0 aliphatic heterocycles. The zero-order valence-corrected chi connectivity index (χ0v) is 20.5. The van der Waals surface area contributed by atoms with E-state index in [9.17, 15) is 4.79 Å². The maximum absolute atomic E-state index is 10.5. The molecule has 0 amide bonds. The monoisotopic (exact) mass is 416 g/mol. The molecule has 0 aromatic carbocycles. The third-order valence-electron chi connectivity index (χ3n) is 4.28. The van der Waals surface area contributed by atoms with Crippen LogP contribution in [0.1, 0.15) is 61.3 Å². The van der Waals surface area contributed by atoms with E-state index in [4.69, 9.17) is 0 Å². The number of hydrogen-bond acceptors (Lipinski definition) is 1. The molecule has 0 saturated carbocycles. The van der Waals surface area contributed by atoms with Crippen LogP contribution < -0.4 is 0 Å². The van der Waals surface area contributed by atoms with Crippen molar-refractivity contribution in [1.29, 1.82) is 0 Å². The van der Waals surface area contributed by atoms with Gasteiger partial charge in [0, 0.05) is 0 Å². The second-order valence-electron chi connectivity index (χ2n) is 8.06. The third kappa shape index (κ3) is 18.8. The maximum atomic E-state index is 10.5. The second kappa shape index (κ2) is 17.9.